The van der Waals surface area contributed by atoms with E-state index in [9.17, 15) is 4.79 Å². The third-order valence-corrected chi connectivity index (χ3v) is 4.09. The van der Waals surface area contributed by atoms with Gasteiger partial charge in [0, 0.05) is 11.1 Å². The van der Waals surface area contributed by atoms with Gasteiger partial charge in [-0.3, -0.25) is 9.48 Å². The summed E-state index contributed by atoms with van der Waals surface area (Å²) in [4.78, 5) is 13.5. The van der Waals surface area contributed by atoms with E-state index in [1.807, 2.05) is 41.2 Å². The molecule has 0 amide bonds. The molecule has 4 heteroatoms. The number of carbonyl (C=O) groups is 1. The Balaban J connectivity index is 1.95. The minimum atomic E-state index is 0.641. The van der Waals surface area contributed by atoms with Crippen molar-refractivity contribution in [3.63, 3.8) is 0 Å². The van der Waals surface area contributed by atoms with Crippen molar-refractivity contribution >= 4 is 17.6 Å². The van der Waals surface area contributed by atoms with Crippen LogP contribution in [-0.4, -0.2) is 16.1 Å². The van der Waals surface area contributed by atoms with Crippen LogP contribution in [0.5, 0.6) is 0 Å². The number of nitrogens with zero attached hydrogens (tertiary/aromatic N) is 2. The number of aromatic nitrogens is 2. The summed E-state index contributed by atoms with van der Waals surface area (Å²) in [5.74, 6) is 0. The predicted octanol–water partition coefficient (Wildman–Crippen LogP) is 3.78. The highest BCUT2D eigenvalue weighted by atomic mass is 32.1. The Labute approximate surface area is 121 Å². The Morgan fingerprint density at radius 1 is 1.20 bits per heavy atom. The lowest BCUT2D eigenvalue weighted by Gasteiger charge is -2.00. The van der Waals surface area contributed by atoms with Gasteiger partial charge < -0.3 is 0 Å². The number of benzene rings is 1. The molecular weight excluding hydrogens is 268 g/mol. The van der Waals surface area contributed by atoms with E-state index in [2.05, 4.69) is 24.2 Å². The first kappa shape index (κ1) is 12.8. The summed E-state index contributed by atoms with van der Waals surface area (Å²) in [5.41, 5.74) is 2.58. The maximum Gasteiger partial charge on any atom is 0.153 e. The van der Waals surface area contributed by atoms with Crippen LogP contribution >= 0.6 is 11.3 Å². The Bertz CT molecular complexity index is 728. The maximum atomic E-state index is 11.2. The fraction of sp³-hybridized carbons (Fsp3) is 0.125. The summed E-state index contributed by atoms with van der Waals surface area (Å²) in [5, 5.41) is 4.56. The van der Waals surface area contributed by atoms with Gasteiger partial charge in [-0.2, -0.15) is 5.10 Å². The van der Waals surface area contributed by atoms with Crippen molar-refractivity contribution in [3.05, 3.63) is 64.7 Å². The van der Waals surface area contributed by atoms with E-state index in [4.69, 9.17) is 0 Å². The zero-order chi connectivity index (χ0) is 13.9. The van der Waals surface area contributed by atoms with E-state index in [0.717, 1.165) is 16.9 Å². The largest absolute Gasteiger partial charge is 0.298 e. The molecule has 0 atom stereocenters. The highest BCUT2D eigenvalue weighted by Gasteiger charge is 2.12. The van der Waals surface area contributed by atoms with Crippen LogP contribution in [0.4, 0.5) is 0 Å². The molecule has 3 aromatic rings. The molecule has 100 valence electrons. The van der Waals surface area contributed by atoms with Crippen LogP contribution in [0.2, 0.25) is 0 Å². The SMILES string of the molecule is Cc1ccc(-c2nn(Cc3ccccc3)cc2C=O)s1. The third kappa shape index (κ3) is 2.56. The number of hydrogen-bond acceptors (Lipinski definition) is 3. The minimum absolute atomic E-state index is 0.641. The van der Waals surface area contributed by atoms with Gasteiger partial charge in [0.1, 0.15) is 5.69 Å². The molecule has 0 bridgehead atoms. The van der Waals surface area contributed by atoms with Gasteiger partial charge in [-0.25, -0.2) is 0 Å². The van der Waals surface area contributed by atoms with Crippen LogP contribution in [-0.2, 0) is 6.54 Å². The summed E-state index contributed by atoms with van der Waals surface area (Å²) >= 11 is 1.66. The van der Waals surface area contributed by atoms with E-state index in [0.29, 0.717) is 12.1 Å². The molecule has 0 aliphatic heterocycles. The van der Waals surface area contributed by atoms with Crippen molar-refractivity contribution in [2.24, 2.45) is 0 Å². The molecule has 0 radical (unpaired) electrons. The molecule has 3 rings (SSSR count). The smallest absolute Gasteiger partial charge is 0.153 e. The quantitative estimate of drug-likeness (QED) is 0.683. The lowest BCUT2D eigenvalue weighted by molar-refractivity contribution is 0.112. The van der Waals surface area contributed by atoms with Crippen molar-refractivity contribution in [1.82, 2.24) is 9.78 Å². The van der Waals surface area contributed by atoms with E-state index < -0.39 is 0 Å². The van der Waals surface area contributed by atoms with E-state index in [1.54, 1.807) is 11.3 Å². The summed E-state index contributed by atoms with van der Waals surface area (Å²) in [6.45, 7) is 2.72. The van der Waals surface area contributed by atoms with Crippen LogP contribution in [0.1, 0.15) is 20.8 Å². The van der Waals surface area contributed by atoms with E-state index in [-0.39, 0.29) is 0 Å². The van der Waals surface area contributed by atoms with E-state index in [1.165, 1.54) is 10.4 Å². The fourth-order valence-electron chi connectivity index (χ4n) is 2.13. The molecular formula is C16H14N2OS. The second kappa shape index (κ2) is 5.43. The molecule has 0 spiro atoms. The number of carbonyl (C=O) groups excluding carboxylic acids is 1. The summed E-state index contributed by atoms with van der Waals surface area (Å²) in [7, 11) is 0. The Morgan fingerprint density at radius 2 is 2.00 bits per heavy atom. The fourth-order valence-corrected chi connectivity index (χ4v) is 3.00. The van der Waals surface area contributed by atoms with Crippen LogP contribution in [0.15, 0.2) is 48.7 Å². The van der Waals surface area contributed by atoms with Crippen LogP contribution in [0, 0.1) is 6.92 Å². The summed E-state index contributed by atoms with van der Waals surface area (Å²) in [6, 6.07) is 14.2. The van der Waals surface area contributed by atoms with Gasteiger partial charge >= 0.3 is 0 Å². The zero-order valence-corrected chi connectivity index (χ0v) is 11.9. The van der Waals surface area contributed by atoms with Crippen molar-refractivity contribution in [3.8, 4) is 10.6 Å². The molecule has 0 saturated heterocycles. The van der Waals surface area contributed by atoms with Crippen molar-refractivity contribution < 1.29 is 4.79 Å². The topological polar surface area (TPSA) is 34.9 Å². The second-order valence-corrected chi connectivity index (χ2v) is 5.93. The monoisotopic (exact) mass is 282 g/mol. The zero-order valence-electron chi connectivity index (χ0n) is 11.1. The second-order valence-electron chi connectivity index (χ2n) is 4.64. The first-order valence-electron chi connectivity index (χ1n) is 6.39. The predicted molar refractivity (Wildman–Crippen MR) is 81.2 cm³/mol. The highest BCUT2D eigenvalue weighted by Crippen LogP contribution is 2.28. The van der Waals surface area contributed by atoms with E-state index >= 15 is 0 Å². The van der Waals surface area contributed by atoms with Gasteiger partial charge in [0.05, 0.1) is 17.0 Å². The lowest BCUT2D eigenvalue weighted by atomic mass is 10.2. The molecule has 0 unspecified atom stereocenters. The number of thiophene rings is 1. The molecule has 0 N–H and O–H groups in total. The molecule has 20 heavy (non-hydrogen) atoms. The molecule has 0 aliphatic carbocycles. The van der Waals surface area contributed by atoms with Gasteiger partial charge in [-0.1, -0.05) is 30.3 Å². The van der Waals surface area contributed by atoms with Gasteiger partial charge in [0.15, 0.2) is 6.29 Å². The van der Waals surface area contributed by atoms with Gasteiger partial charge in [0.2, 0.25) is 0 Å². The Kier molecular flexibility index (Phi) is 3.48. The highest BCUT2D eigenvalue weighted by molar-refractivity contribution is 7.15. The van der Waals surface area contributed by atoms with Crippen LogP contribution in [0.3, 0.4) is 0 Å². The van der Waals surface area contributed by atoms with Crippen molar-refractivity contribution in [2.75, 3.05) is 0 Å². The first-order valence-corrected chi connectivity index (χ1v) is 7.21. The first-order chi connectivity index (χ1) is 9.76. The van der Waals surface area contributed by atoms with Gasteiger partial charge in [-0.15, -0.1) is 11.3 Å². The molecule has 0 aliphatic rings. The number of rotatable bonds is 4. The molecule has 3 nitrogen and oxygen atoms in total. The number of aryl methyl sites for hydroxylation is 1. The maximum absolute atomic E-state index is 11.2. The van der Waals surface area contributed by atoms with Crippen molar-refractivity contribution in [2.45, 2.75) is 13.5 Å². The number of hydrogen-bond donors (Lipinski definition) is 0. The molecule has 2 aromatic heterocycles. The normalized spacial score (nSPS) is 10.7. The Hall–Kier alpha value is -2.20. The average Bonchev–Trinajstić information content (AvgIpc) is 3.06. The standard InChI is InChI=1S/C16H14N2OS/c1-12-7-8-15(20-12)16-14(11-19)10-18(17-16)9-13-5-3-2-4-6-13/h2-8,10-11H,9H2,1H3. The van der Waals surface area contributed by atoms with Crippen molar-refractivity contribution in [1.29, 1.82) is 0 Å². The van der Waals surface area contributed by atoms with Crippen LogP contribution < -0.4 is 0 Å². The third-order valence-electron chi connectivity index (χ3n) is 3.08. The molecule has 2 heterocycles. The molecule has 1 aromatic carbocycles. The molecule has 0 saturated carbocycles. The number of aldehydes is 1. The van der Waals surface area contributed by atoms with Crippen LogP contribution in [0.25, 0.3) is 10.6 Å². The summed E-state index contributed by atoms with van der Waals surface area (Å²) < 4.78 is 1.82. The average molecular weight is 282 g/mol. The molecule has 0 fully saturated rings. The van der Waals surface area contributed by atoms with Gasteiger partial charge in [-0.05, 0) is 24.6 Å². The minimum Gasteiger partial charge on any atom is -0.298 e. The lowest BCUT2D eigenvalue weighted by Crippen LogP contribution is -1.99. The summed E-state index contributed by atoms with van der Waals surface area (Å²) in [6.07, 6.45) is 2.68. The van der Waals surface area contributed by atoms with Gasteiger partial charge in [0.25, 0.3) is 0 Å². The Morgan fingerprint density at radius 3 is 2.65 bits per heavy atom.